The van der Waals surface area contributed by atoms with Gasteiger partial charge in [-0.2, -0.15) is 0 Å². The second-order valence-electron chi connectivity index (χ2n) is 6.72. The number of rotatable bonds is 1. The third kappa shape index (κ3) is 1.78. The molecule has 3 rings (SSSR count). The summed E-state index contributed by atoms with van der Waals surface area (Å²) in [5.41, 5.74) is 6.48. The zero-order chi connectivity index (χ0) is 13.6. The maximum Gasteiger partial charge on any atom is 0.209 e. The average molecular weight is 256 g/mol. The van der Waals surface area contributed by atoms with E-state index >= 15 is 0 Å². The summed E-state index contributed by atoms with van der Waals surface area (Å²) < 4.78 is 2.44. The van der Waals surface area contributed by atoms with Crippen LogP contribution in [0.3, 0.4) is 0 Å². The first-order valence-corrected chi connectivity index (χ1v) is 7.78. The van der Waals surface area contributed by atoms with Crippen molar-refractivity contribution in [2.75, 3.05) is 7.05 Å². The fourth-order valence-corrected chi connectivity index (χ4v) is 4.07. The van der Waals surface area contributed by atoms with Gasteiger partial charge in [-0.15, -0.1) is 0 Å². The predicted molar refractivity (Wildman–Crippen MR) is 81.8 cm³/mol. The maximum atomic E-state index is 2.50. The van der Waals surface area contributed by atoms with Crippen molar-refractivity contribution in [2.45, 2.75) is 64.2 Å². The van der Waals surface area contributed by atoms with E-state index in [1.165, 1.54) is 43.4 Å². The van der Waals surface area contributed by atoms with Crippen LogP contribution in [-0.4, -0.2) is 17.3 Å². The van der Waals surface area contributed by atoms with Gasteiger partial charge >= 0.3 is 0 Å². The Kier molecular flexibility index (Phi) is 3.03. The van der Waals surface area contributed by atoms with Gasteiger partial charge in [0.2, 0.25) is 5.69 Å². The molecule has 1 aliphatic carbocycles. The minimum Gasteiger partial charge on any atom is -0.202 e. The molecule has 0 bridgehead atoms. The molecular weight excluding hydrogens is 230 g/mol. The van der Waals surface area contributed by atoms with Gasteiger partial charge in [0.15, 0.2) is 5.71 Å². The molecule has 1 aliphatic heterocycles. The van der Waals surface area contributed by atoms with Crippen molar-refractivity contribution in [2.24, 2.45) is 0 Å². The molecule has 0 atom stereocenters. The summed E-state index contributed by atoms with van der Waals surface area (Å²) in [5, 5.41) is 0. The second-order valence-corrected chi connectivity index (χ2v) is 6.72. The van der Waals surface area contributed by atoms with Gasteiger partial charge < -0.3 is 0 Å². The molecule has 0 aromatic heterocycles. The van der Waals surface area contributed by atoms with Crippen molar-refractivity contribution < 1.29 is 4.58 Å². The zero-order valence-corrected chi connectivity index (χ0v) is 12.8. The van der Waals surface area contributed by atoms with E-state index in [1.807, 2.05) is 0 Å². The van der Waals surface area contributed by atoms with Crippen molar-refractivity contribution in [1.82, 2.24) is 0 Å². The van der Waals surface area contributed by atoms with E-state index in [1.54, 1.807) is 11.3 Å². The highest BCUT2D eigenvalue weighted by molar-refractivity contribution is 5.94. The molecule has 1 spiro atoms. The van der Waals surface area contributed by atoms with Gasteiger partial charge in [0.1, 0.15) is 7.05 Å². The highest BCUT2D eigenvalue weighted by Crippen LogP contribution is 2.48. The first kappa shape index (κ1) is 12.9. The summed E-state index contributed by atoms with van der Waals surface area (Å²) in [4.78, 5) is 0. The van der Waals surface area contributed by atoms with Crippen LogP contribution < -0.4 is 0 Å². The molecule has 1 heteroatoms. The van der Waals surface area contributed by atoms with E-state index in [-0.39, 0.29) is 0 Å². The van der Waals surface area contributed by atoms with Crippen molar-refractivity contribution in [3.05, 3.63) is 29.3 Å². The maximum absolute atomic E-state index is 2.50. The zero-order valence-electron chi connectivity index (χ0n) is 12.8. The molecule has 19 heavy (non-hydrogen) atoms. The first-order chi connectivity index (χ1) is 9.06. The van der Waals surface area contributed by atoms with Crippen LogP contribution in [0.1, 0.15) is 69.9 Å². The minimum atomic E-state index is 0.354. The molecule has 0 saturated heterocycles. The molecule has 1 aromatic rings. The number of hydrogen-bond donors (Lipinski definition) is 0. The quantitative estimate of drug-likeness (QED) is 0.637. The lowest BCUT2D eigenvalue weighted by molar-refractivity contribution is -0.403. The molecule has 102 valence electrons. The van der Waals surface area contributed by atoms with Crippen molar-refractivity contribution in [3.63, 3.8) is 0 Å². The summed E-state index contributed by atoms with van der Waals surface area (Å²) in [7, 11) is 2.24. The van der Waals surface area contributed by atoms with Gasteiger partial charge in [0.05, 0.1) is 5.41 Å². The van der Waals surface area contributed by atoms with Gasteiger partial charge in [0.25, 0.3) is 0 Å². The van der Waals surface area contributed by atoms with E-state index in [9.17, 15) is 0 Å². The molecule has 0 N–H and O–H groups in total. The van der Waals surface area contributed by atoms with Crippen LogP contribution in [0.25, 0.3) is 0 Å². The van der Waals surface area contributed by atoms with E-state index in [2.05, 4.69) is 50.6 Å². The lowest BCUT2D eigenvalue weighted by atomic mass is 9.67. The Bertz CT molecular complexity index is 531. The van der Waals surface area contributed by atoms with Crippen LogP contribution >= 0.6 is 0 Å². The number of fused-ring (bicyclic) bond motifs is 2. The Morgan fingerprint density at radius 1 is 1.11 bits per heavy atom. The third-order valence-electron chi connectivity index (χ3n) is 5.47. The van der Waals surface area contributed by atoms with E-state index < -0.39 is 0 Å². The van der Waals surface area contributed by atoms with Gasteiger partial charge in [-0.1, -0.05) is 39.2 Å². The SMILES string of the molecule is CC1=[N+](C)c2ccc(C(C)C)cc2C12CCCCC2. The molecule has 0 amide bonds. The van der Waals surface area contributed by atoms with Gasteiger partial charge in [-0.25, -0.2) is 4.58 Å². The standard InChI is InChI=1S/C18H26N/c1-13(2)15-8-9-17-16(12-15)18(14(3)19(17)4)10-6-5-7-11-18/h8-9,12-13H,5-7,10-11H2,1-4H3/q+1. The molecular formula is C18H26N+. The number of benzene rings is 1. The van der Waals surface area contributed by atoms with Crippen LogP contribution in [0.4, 0.5) is 5.69 Å². The highest BCUT2D eigenvalue weighted by Gasteiger charge is 2.49. The Hall–Kier alpha value is -1.11. The monoisotopic (exact) mass is 256 g/mol. The molecule has 1 saturated carbocycles. The summed E-state index contributed by atoms with van der Waals surface area (Å²) >= 11 is 0. The Balaban J connectivity index is 2.16. The summed E-state index contributed by atoms with van der Waals surface area (Å²) in [6.07, 6.45) is 6.88. The summed E-state index contributed by atoms with van der Waals surface area (Å²) in [5.74, 6) is 0.622. The molecule has 0 unspecified atom stereocenters. The topological polar surface area (TPSA) is 3.01 Å². The lowest BCUT2D eigenvalue weighted by Crippen LogP contribution is -2.35. The third-order valence-corrected chi connectivity index (χ3v) is 5.47. The van der Waals surface area contributed by atoms with Crippen LogP contribution in [0, 0.1) is 0 Å². The minimum absolute atomic E-state index is 0.354. The van der Waals surface area contributed by atoms with Crippen LogP contribution in [0.2, 0.25) is 0 Å². The van der Waals surface area contributed by atoms with E-state index in [0.29, 0.717) is 11.3 Å². The summed E-state index contributed by atoms with van der Waals surface area (Å²) in [6, 6.07) is 7.16. The summed E-state index contributed by atoms with van der Waals surface area (Å²) in [6.45, 7) is 6.94. The second kappa shape index (κ2) is 4.47. The van der Waals surface area contributed by atoms with Gasteiger partial charge in [-0.3, -0.25) is 0 Å². The molecule has 0 radical (unpaired) electrons. The smallest absolute Gasteiger partial charge is 0.202 e. The molecule has 1 heterocycles. The fraction of sp³-hybridized carbons (Fsp3) is 0.611. The molecule has 1 nitrogen and oxygen atoms in total. The predicted octanol–water partition coefficient (Wildman–Crippen LogP) is 4.76. The van der Waals surface area contributed by atoms with Crippen molar-refractivity contribution >= 4 is 11.4 Å². The van der Waals surface area contributed by atoms with Crippen LogP contribution in [0.15, 0.2) is 18.2 Å². The van der Waals surface area contributed by atoms with Crippen molar-refractivity contribution in [3.8, 4) is 0 Å². The average Bonchev–Trinajstić information content (AvgIpc) is 2.63. The van der Waals surface area contributed by atoms with Gasteiger partial charge in [0, 0.05) is 18.6 Å². The Morgan fingerprint density at radius 3 is 2.42 bits per heavy atom. The Labute approximate surface area is 117 Å². The molecule has 1 aromatic carbocycles. The lowest BCUT2D eigenvalue weighted by Gasteiger charge is -2.31. The van der Waals surface area contributed by atoms with Crippen LogP contribution in [-0.2, 0) is 5.41 Å². The normalized spacial score (nSPS) is 21.3. The first-order valence-electron chi connectivity index (χ1n) is 7.78. The van der Waals surface area contributed by atoms with Crippen LogP contribution in [0.5, 0.6) is 0 Å². The van der Waals surface area contributed by atoms with Crippen molar-refractivity contribution in [1.29, 1.82) is 0 Å². The fourth-order valence-electron chi connectivity index (χ4n) is 4.07. The highest BCUT2D eigenvalue weighted by atomic mass is 15.0. The number of hydrogen-bond acceptors (Lipinski definition) is 0. The van der Waals surface area contributed by atoms with E-state index in [4.69, 9.17) is 0 Å². The van der Waals surface area contributed by atoms with Gasteiger partial charge in [-0.05, 0) is 30.4 Å². The Morgan fingerprint density at radius 2 is 1.79 bits per heavy atom. The van der Waals surface area contributed by atoms with E-state index in [0.717, 1.165) is 0 Å². The molecule has 2 aliphatic rings. The largest absolute Gasteiger partial charge is 0.209 e. The number of nitrogens with zero attached hydrogens (tertiary/aromatic N) is 1. The molecule has 1 fully saturated rings.